The van der Waals surface area contributed by atoms with Crippen LogP contribution >= 0.6 is 0 Å². The van der Waals surface area contributed by atoms with E-state index >= 15 is 0 Å². The van der Waals surface area contributed by atoms with E-state index in [0.717, 1.165) is 57.9 Å². The van der Waals surface area contributed by atoms with Crippen LogP contribution in [0.25, 0.3) is 11.1 Å². The summed E-state index contributed by atoms with van der Waals surface area (Å²) in [6.45, 7) is 11.1. The Morgan fingerprint density at radius 2 is 1.81 bits per heavy atom. The van der Waals surface area contributed by atoms with Gasteiger partial charge in [0.1, 0.15) is 11.6 Å². The molecule has 0 bridgehead atoms. The highest BCUT2D eigenvalue weighted by molar-refractivity contribution is 5.64. The number of halogens is 1. The van der Waals surface area contributed by atoms with Gasteiger partial charge in [-0.25, -0.2) is 9.37 Å². The first kappa shape index (κ1) is 31.9. The number of nitriles is 1. The molecule has 1 aromatic heterocycles. The quantitative estimate of drug-likeness (QED) is 0.114. The number of rotatable bonds is 15. The molecule has 3 rings (SSSR count). The zero-order valence-electron chi connectivity index (χ0n) is 24.6. The summed E-state index contributed by atoms with van der Waals surface area (Å²) in [5.74, 6) is 0.459. The Bertz CT molecular complexity index is 1430. The zero-order valence-corrected chi connectivity index (χ0v) is 24.6. The van der Waals surface area contributed by atoms with Gasteiger partial charge in [-0.15, -0.1) is 0 Å². The number of hydrogen-bond acceptors (Lipinski definition) is 6. The molecule has 0 saturated carbocycles. The van der Waals surface area contributed by atoms with Crippen molar-refractivity contribution < 1.29 is 9.50 Å². The van der Waals surface area contributed by atoms with Gasteiger partial charge in [0.25, 0.3) is 0 Å². The minimum absolute atomic E-state index is 0.0566. The van der Waals surface area contributed by atoms with E-state index in [1.165, 1.54) is 12.1 Å². The normalized spacial score (nSPS) is 13.0. The van der Waals surface area contributed by atoms with Gasteiger partial charge in [-0.1, -0.05) is 68.5 Å². The fourth-order valence-electron chi connectivity index (χ4n) is 4.28. The average Bonchev–Trinajstić information content (AvgIpc) is 3.02. The van der Waals surface area contributed by atoms with Gasteiger partial charge in [-0.05, 0) is 67.3 Å². The second-order valence-corrected chi connectivity index (χ2v) is 9.91. The van der Waals surface area contributed by atoms with E-state index < -0.39 is 0 Å². The van der Waals surface area contributed by atoms with E-state index in [9.17, 15) is 9.65 Å². The summed E-state index contributed by atoms with van der Waals surface area (Å²) in [6, 6.07) is 20.8. The van der Waals surface area contributed by atoms with Crippen molar-refractivity contribution in [3.05, 3.63) is 131 Å². The molecular formula is C35H40FN5O. The Labute approximate surface area is 249 Å². The van der Waals surface area contributed by atoms with Gasteiger partial charge < -0.3 is 21.1 Å². The van der Waals surface area contributed by atoms with Gasteiger partial charge in [-0.3, -0.25) is 0 Å². The first-order valence-corrected chi connectivity index (χ1v) is 14.2. The average molecular weight is 566 g/mol. The lowest BCUT2D eigenvalue weighted by Crippen LogP contribution is -2.22. The number of pyridine rings is 1. The Kier molecular flexibility index (Phi) is 12.6. The number of aliphatic hydroxyl groups is 1. The Morgan fingerprint density at radius 1 is 1.10 bits per heavy atom. The number of benzene rings is 2. The summed E-state index contributed by atoms with van der Waals surface area (Å²) in [5, 5.41) is 28.8. The molecule has 4 N–H and O–H groups in total. The van der Waals surface area contributed by atoms with Crippen molar-refractivity contribution in [3.63, 3.8) is 0 Å². The van der Waals surface area contributed by atoms with Crippen LogP contribution in [0.5, 0.6) is 0 Å². The highest BCUT2D eigenvalue weighted by Gasteiger charge is 2.13. The van der Waals surface area contributed by atoms with E-state index in [0.29, 0.717) is 18.7 Å². The summed E-state index contributed by atoms with van der Waals surface area (Å²) in [6.07, 6.45) is 9.18. The largest absolute Gasteiger partial charge is 0.395 e. The molecule has 1 unspecified atom stereocenters. The molecule has 1 atom stereocenters. The third-order valence-electron chi connectivity index (χ3n) is 6.75. The molecule has 0 aliphatic carbocycles. The standard InChI is InChI=1S/C35H40FN5O/c1-5-7-8-34(41-25(3)29-13-16-32(36)17-14-29)33(21-27(6-2)22-37)26(4)39-23-28-9-11-30(12-10-28)31-15-18-35(40-24-31)38-19-20-42/h6,8-18,21,24-25,39,41-42H,2,5,7,19-20,23H2,1,3-4H3,(H,38,40)/b27-21+,33-26-,34-8-. The molecule has 0 aliphatic heterocycles. The minimum atomic E-state index is -0.268. The van der Waals surface area contributed by atoms with Crippen LogP contribution in [-0.4, -0.2) is 23.2 Å². The Morgan fingerprint density at radius 3 is 2.40 bits per heavy atom. The van der Waals surface area contributed by atoms with Crippen molar-refractivity contribution in [2.75, 3.05) is 18.5 Å². The first-order chi connectivity index (χ1) is 20.4. The maximum atomic E-state index is 13.5. The van der Waals surface area contributed by atoms with Gasteiger partial charge in [0, 0.05) is 47.9 Å². The second-order valence-electron chi connectivity index (χ2n) is 9.91. The number of unbranched alkanes of at least 4 members (excludes halogenated alkanes) is 1. The minimum Gasteiger partial charge on any atom is -0.395 e. The Balaban J connectivity index is 1.83. The summed E-state index contributed by atoms with van der Waals surface area (Å²) >= 11 is 0. The number of nitrogens with zero attached hydrogens (tertiary/aromatic N) is 2. The highest BCUT2D eigenvalue weighted by atomic mass is 19.1. The van der Waals surface area contributed by atoms with E-state index in [2.05, 4.69) is 70.8 Å². The van der Waals surface area contributed by atoms with Crippen LogP contribution in [0.4, 0.5) is 10.2 Å². The van der Waals surface area contributed by atoms with Gasteiger partial charge in [0.2, 0.25) is 0 Å². The maximum Gasteiger partial charge on any atom is 0.125 e. The van der Waals surface area contributed by atoms with Crippen LogP contribution in [0, 0.1) is 17.1 Å². The molecule has 6 nitrogen and oxygen atoms in total. The van der Waals surface area contributed by atoms with Crippen molar-refractivity contribution in [2.24, 2.45) is 0 Å². The smallest absolute Gasteiger partial charge is 0.125 e. The molecule has 3 aromatic rings. The molecule has 42 heavy (non-hydrogen) atoms. The van der Waals surface area contributed by atoms with E-state index in [-0.39, 0.29) is 18.5 Å². The molecule has 218 valence electrons. The third kappa shape index (κ3) is 9.46. The van der Waals surface area contributed by atoms with Gasteiger partial charge in [0.05, 0.1) is 18.2 Å². The van der Waals surface area contributed by atoms with Gasteiger partial charge in [0.15, 0.2) is 0 Å². The molecule has 0 amide bonds. The molecule has 0 aliphatic rings. The number of aliphatic hydroxyl groups excluding tert-OH is 1. The van der Waals surface area contributed by atoms with Crippen LogP contribution in [0.3, 0.4) is 0 Å². The predicted molar refractivity (Wildman–Crippen MR) is 170 cm³/mol. The van der Waals surface area contributed by atoms with Crippen LogP contribution in [0.2, 0.25) is 0 Å². The summed E-state index contributed by atoms with van der Waals surface area (Å²) < 4.78 is 13.5. The molecule has 1 heterocycles. The van der Waals surface area contributed by atoms with Gasteiger partial charge in [-0.2, -0.15) is 5.26 Å². The van der Waals surface area contributed by atoms with E-state index in [1.54, 1.807) is 18.2 Å². The fourth-order valence-corrected chi connectivity index (χ4v) is 4.28. The second kappa shape index (κ2) is 16.6. The van der Waals surface area contributed by atoms with Crippen molar-refractivity contribution in [1.82, 2.24) is 15.6 Å². The topological polar surface area (TPSA) is 93.0 Å². The SMILES string of the molecule is C=C\C(C#N)=C/C(C(=C/CCC)/NC(C)c1ccc(F)cc1)=C(\C)NCc1ccc(-c2ccc(NCCO)nc2)cc1. The number of allylic oxidation sites excluding steroid dienone is 5. The van der Waals surface area contributed by atoms with E-state index in [4.69, 9.17) is 5.11 Å². The fraction of sp³-hybridized carbons (Fsp3) is 0.257. The number of anilines is 1. The number of hydrogen-bond donors (Lipinski definition) is 4. The van der Waals surface area contributed by atoms with Crippen LogP contribution < -0.4 is 16.0 Å². The maximum absolute atomic E-state index is 13.5. The molecule has 0 radical (unpaired) electrons. The lowest BCUT2D eigenvalue weighted by Gasteiger charge is -2.22. The van der Waals surface area contributed by atoms with Crippen molar-refractivity contribution in [3.8, 4) is 17.2 Å². The molecule has 0 fully saturated rings. The van der Waals surface area contributed by atoms with Crippen molar-refractivity contribution in [1.29, 1.82) is 5.26 Å². The number of nitrogens with one attached hydrogen (secondary N) is 3. The predicted octanol–water partition coefficient (Wildman–Crippen LogP) is 7.33. The monoisotopic (exact) mass is 565 g/mol. The van der Waals surface area contributed by atoms with Crippen molar-refractivity contribution in [2.45, 2.75) is 46.2 Å². The summed E-state index contributed by atoms with van der Waals surface area (Å²) in [4.78, 5) is 4.41. The summed E-state index contributed by atoms with van der Waals surface area (Å²) in [7, 11) is 0. The van der Waals surface area contributed by atoms with Gasteiger partial charge >= 0.3 is 0 Å². The van der Waals surface area contributed by atoms with E-state index in [1.807, 2.05) is 38.3 Å². The number of aromatic nitrogens is 1. The third-order valence-corrected chi connectivity index (χ3v) is 6.75. The Hall–Kier alpha value is -4.67. The van der Waals surface area contributed by atoms with Crippen LogP contribution in [0.15, 0.2) is 114 Å². The molecule has 0 saturated heterocycles. The first-order valence-electron chi connectivity index (χ1n) is 14.2. The molecule has 0 spiro atoms. The molecular weight excluding hydrogens is 525 g/mol. The molecule has 7 heteroatoms. The van der Waals surface area contributed by atoms with Crippen molar-refractivity contribution >= 4 is 5.82 Å². The molecule has 2 aromatic carbocycles. The van der Waals surface area contributed by atoms with Crippen LogP contribution in [0.1, 0.15) is 50.8 Å². The summed E-state index contributed by atoms with van der Waals surface area (Å²) in [5.41, 5.74) is 7.26. The zero-order chi connectivity index (χ0) is 30.3. The lowest BCUT2D eigenvalue weighted by atomic mass is 10.0. The van der Waals surface area contributed by atoms with Crippen LogP contribution in [-0.2, 0) is 6.54 Å². The lowest BCUT2D eigenvalue weighted by molar-refractivity contribution is 0.311. The highest BCUT2D eigenvalue weighted by Crippen LogP contribution is 2.23.